The van der Waals surface area contributed by atoms with Crippen LogP contribution in [-0.2, 0) is 17.8 Å². The highest BCUT2D eigenvalue weighted by Crippen LogP contribution is 2.30. The predicted molar refractivity (Wildman–Crippen MR) is 160 cm³/mol. The molecule has 4 aromatic carbocycles. The summed E-state index contributed by atoms with van der Waals surface area (Å²) in [7, 11) is 0. The van der Waals surface area contributed by atoms with E-state index in [1.807, 2.05) is 36.4 Å². The van der Waals surface area contributed by atoms with Crippen LogP contribution in [0, 0.1) is 11.7 Å². The van der Waals surface area contributed by atoms with Gasteiger partial charge in [-0.25, -0.2) is 4.39 Å². The van der Waals surface area contributed by atoms with Gasteiger partial charge in [0.2, 0.25) is 0 Å². The molecule has 6 nitrogen and oxygen atoms in total. The van der Waals surface area contributed by atoms with Gasteiger partial charge in [0.25, 0.3) is 11.8 Å². The highest BCUT2D eigenvalue weighted by atomic mass is 19.1. The van der Waals surface area contributed by atoms with E-state index in [4.69, 9.17) is 4.74 Å². The molecule has 2 amide bonds. The molecule has 1 aliphatic rings. The number of benzene rings is 4. The van der Waals surface area contributed by atoms with Crippen molar-refractivity contribution in [1.82, 2.24) is 5.32 Å². The summed E-state index contributed by atoms with van der Waals surface area (Å²) in [4.78, 5) is 28.3. The Labute approximate surface area is 240 Å². The fourth-order valence-corrected chi connectivity index (χ4v) is 5.14. The van der Waals surface area contributed by atoms with Crippen molar-refractivity contribution in [2.45, 2.75) is 25.8 Å². The molecule has 0 saturated carbocycles. The lowest BCUT2D eigenvalue weighted by molar-refractivity contribution is -0.118. The Morgan fingerprint density at radius 2 is 1.51 bits per heavy atom. The fraction of sp³-hybridized carbons (Fsp3) is 0.235. The maximum Gasteiger partial charge on any atom is 0.262 e. The molecule has 1 fully saturated rings. The number of para-hydroxylation sites is 1. The van der Waals surface area contributed by atoms with Crippen molar-refractivity contribution >= 4 is 23.2 Å². The molecule has 0 radical (unpaired) electrons. The van der Waals surface area contributed by atoms with Crippen molar-refractivity contribution in [1.29, 1.82) is 0 Å². The maximum atomic E-state index is 13.5. The van der Waals surface area contributed by atoms with Gasteiger partial charge in [-0.2, -0.15) is 0 Å². The van der Waals surface area contributed by atoms with E-state index in [1.54, 1.807) is 30.3 Å². The van der Waals surface area contributed by atoms with Gasteiger partial charge in [-0.1, -0.05) is 60.7 Å². The van der Waals surface area contributed by atoms with E-state index in [-0.39, 0.29) is 30.8 Å². The quantitative estimate of drug-likeness (QED) is 0.245. The molecule has 0 aromatic heterocycles. The van der Waals surface area contributed by atoms with Gasteiger partial charge in [0.05, 0.1) is 5.56 Å². The number of nitrogens with zero attached hydrogens (tertiary/aromatic N) is 1. The number of hydrogen-bond acceptors (Lipinski definition) is 4. The van der Waals surface area contributed by atoms with E-state index >= 15 is 0 Å². The minimum atomic E-state index is -0.322. The van der Waals surface area contributed by atoms with Crippen molar-refractivity contribution in [3.8, 4) is 5.75 Å². The molecule has 7 heteroatoms. The van der Waals surface area contributed by atoms with Crippen LogP contribution < -0.4 is 20.3 Å². The average molecular weight is 552 g/mol. The number of ether oxygens (including phenoxy) is 1. The first-order valence-electron chi connectivity index (χ1n) is 14.0. The number of amides is 2. The smallest absolute Gasteiger partial charge is 0.262 e. The third kappa shape index (κ3) is 7.94. The molecule has 41 heavy (non-hydrogen) atoms. The molecule has 0 bridgehead atoms. The summed E-state index contributed by atoms with van der Waals surface area (Å²) in [5.41, 5.74) is 3.98. The topological polar surface area (TPSA) is 70.7 Å². The van der Waals surface area contributed by atoms with E-state index in [9.17, 15) is 14.0 Å². The van der Waals surface area contributed by atoms with Crippen molar-refractivity contribution in [2.75, 3.05) is 29.9 Å². The summed E-state index contributed by atoms with van der Waals surface area (Å²) in [6, 6.07) is 31.2. The van der Waals surface area contributed by atoms with Crippen molar-refractivity contribution in [3.05, 3.63) is 126 Å². The van der Waals surface area contributed by atoms with Crippen LogP contribution in [0.4, 0.5) is 15.8 Å². The van der Waals surface area contributed by atoms with Gasteiger partial charge in [0.15, 0.2) is 6.61 Å². The second kappa shape index (κ2) is 13.6. The van der Waals surface area contributed by atoms with Gasteiger partial charge in [0.1, 0.15) is 11.6 Å². The van der Waals surface area contributed by atoms with Crippen LogP contribution in [0.5, 0.6) is 5.75 Å². The minimum absolute atomic E-state index is 0.146. The Morgan fingerprint density at radius 3 is 2.22 bits per heavy atom. The molecule has 0 unspecified atom stereocenters. The Balaban J connectivity index is 1.27. The van der Waals surface area contributed by atoms with Gasteiger partial charge in [-0.3, -0.25) is 9.59 Å². The first kappa shape index (κ1) is 27.9. The molecule has 1 aliphatic heterocycles. The largest absolute Gasteiger partial charge is 0.484 e. The number of carbonyl (C=O) groups is 2. The predicted octanol–water partition coefficient (Wildman–Crippen LogP) is 6.23. The zero-order chi connectivity index (χ0) is 28.4. The Morgan fingerprint density at radius 1 is 0.829 bits per heavy atom. The van der Waals surface area contributed by atoms with Gasteiger partial charge >= 0.3 is 0 Å². The lowest BCUT2D eigenvalue weighted by Crippen LogP contribution is -2.36. The van der Waals surface area contributed by atoms with Crippen molar-refractivity contribution in [2.24, 2.45) is 5.92 Å². The molecule has 1 saturated heterocycles. The lowest BCUT2D eigenvalue weighted by Gasteiger charge is -2.35. The summed E-state index contributed by atoms with van der Waals surface area (Å²) in [5.74, 6) is 0.299. The normalized spacial score (nSPS) is 13.4. The minimum Gasteiger partial charge on any atom is -0.484 e. The zero-order valence-electron chi connectivity index (χ0n) is 22.9. The molecule has 1 heterocycles. The van der Waals surface area contributed by atoms with Gasteiger partial charge < -0.3 is 20.3 Å². The van der Waals surface area contributed by atoms with Crippen LogP contribution in [0.15, 0.2) is 103 Å². The monoisotopic (exact) mass is 551 g/mol. The van der Waals surface area contributed by atoms with E-state index in [1.165, 1.54) is 17.7 Å². The molecular weight excluding hydrogens is 517 g/mol. The van der Waals surface area contributed by atoms with Crippen LogP contribution in [0.2, 0.25) is 0 Å². The highest BCUT2D eigenvalue weighted by molar-refractivity contribution is 6.02. The van der Waals surface area contributed by atoms with Crippen molar-refractivity contribution in [3.63, 3.8) is 0 Å². The third-order valence-corrected chi connectivity index (χ3v) is 7.33. The zero-order valence-corrected chi connectivity index (χ0v) is 22.9. The number of hydrogen-bond donors (Lipinski definition) is 2. The number of carbonyl (C=O) groups excluding carboxylic acids is 2. The van der Waals surface area contributed by atoms with Crippen LogP contribution in [0.25, 0.3) is 0 Å². The molecule has 0 aliphatic carbocycles. The average Bonchev–Trinajstić information content (AvgIpc) is 3.01. The van der Waals surface area contributed by atoms with Crippen LogP contribution >= 0.6 is 0 Å². The SMILES string of the molecule is O=C(COc1ccccc1)Nc1ccc(N2CCC(Cc3ccccc3)CC2)c(C(=O)NCc2ccc(F)cc2)c1. The van der Waals surface area contributed by atoms with Gasteiger partial charge in [-0.05, 0) is 78.8 Å². The lowest BCUT2D eigenvalue weighted by atomic mass is 9.89. The second-order valence-electron chi connectivity index (χ2n) is 10.3. The summed E-state index contributed by atoms with van der Waals surface area (Å²) in [6.07, 6.45) is 3.11. The first-order chi connectivity index (χ1) is 20.0. The number of piperidine rings is 1. The van der Waals surface area contributed by atoms with E-state index in [0.717, 1.165) is 43.6 Å². The molecule has 4 aromatic rings. The van der Waals surface area contributed by atoms with Gasteiger partial charge in [0, 0.05) is 31.0 Å². The molecule has 2 N–H and O–H groups in total. The molecule has 0 atom stereocenters. The summed E-state index contributed by atoms with van der Waals surface area (Å²) >= 11 is 0. The van der Waals surface area contributed by atoms with E-state index < -0.39 is 0 Å². The molecule has 5 rings (SSSR count). The van der Waals surface area contributed by atoms with Crippen molar-refractivity contribution < 1.29 is 18.7 Å². The standard InChI is InChI=1S/C34H34FN3O3/c35-28-13-11-27(12-14-28)23-36-34(40)31-22-29(37-33(39)24-41-30-9-5-2-6-10-30)15-16-32(31)38-19-17-26(18-20-38)21-25-7-3-1-4-8-25/h1-16,22,26H,17-21,23-24H2,(H,36,40)(H,37,39). The maximum absolute atomic E-state index is 13.5. The third-order valence-electron chi connectivity index (χ3n) is 7.33. The van der Waals surface area contributed by atoms with E-state index in [0.29, 0.717) is 22.9 Å². The number of nitrogens with one attached hydrogen (secondary N) is 2. The second-order valence-corrected chi connectivity index (χ2v) is 10.3. The van der Waals surface area contributed by atoms with Gasteiger partial charge in [-0.15, -0.1) is 0 Å². The Kier molecular flexibility index (Phi) is 9.26. The number of rotatable bonds is 10. The van der Waals surface area contributed by atoms with Crippen LogP contribution in [-0.4, -0.2) is 31.5 Å². The highest BCUT2D eigenvalue weighted by Gasteiger charge is 2.24. The fourth-order valence-electron chi connectivity index (χ4n) is 5.14. The number of anilines is 2. The molecule has 0 spiro atoms. The molecule has 210 valence electrons. The van der Waals surface area contributed by atoms with Crippen LogP contribution in [0.3, 0.4) is 0 Å². The summed E-state index contributed by atoms with van der Waals surface area (Å²) < 4.78 is 18.9. The Hall–Kier alpha value is -4.65. The molecular formula is C34H34FN3O3. The number of halogens is 1. The van der Waals surface area contributed by atoms with E-state index in [2.05, 4.69) is 39.8 Å². The first-order valence-corrected chi connectivity index (χ1v) is 14.0. The Bertz CT molecular complexity index is 1440. The summed E-state index contributed by atoms with van der Waals surface area (Å²) in [6.45, 7) is 1.80. The van der Waals surface area contributed by atoms with Crippen LogP contribution in [0.1, 0.15) is 34.3 Å². The summed E-state index contributed by atoms with van der Waals surface area (Å²) in [5, 5.41) is 5.81.